The average molecular weight is 413 g/mol. The lowest BCUT2D eigenvalue weighted by Gasteiger charge is -2.07. The lowest BCUT2D eigenvalue weighted by atomic mass is 10.3. The van der Waals surface area contributed by atoms with E-state index in [0.29, 0.717) is 23.9 Å². The van der Waals surface area contributed by atoms with Crippen molar-refractivity contribution in [3.05, 3.63) is 28.7 Å². The maximum atomic E-state index is 11.8. The van der Waals surface area contributed by atoms with Gasteiger partial charge in [-0.15, -0.1) is 5.10 Å². The number of rotatable bonds is 8. The highest BCUT2D eigenvalue weighted by Crippen LogP contribution is 2.14. The number of aryl methyl sites for hydroxylation is 1. The molecule has 0 atom stereocenters. The summed E-state index contributed by atoms with van der Waals surface area (Å²) in [6.45, 7) is 0.303. The Labute approximate surface area is 151 Å². The smallest absolute Gasteiger partial charge is 0.226 e. The van der Waals surface area contributed by atoms with E-state index in [9.17, 15) is 9.59 Å². The number of hydrogen-bond acceptors (Lipinski definition) is 6. The molecule has 1 heterocycles. The van der Waals surface area contributed by atoms with E-state index in [-0.39, 0.29) is 18.2 Å². The van der Waals surface area contributed by atoms with Crippen molar-refractivity contribution in [1.82, 2.24) is 25.5 Å². The summed E-state index contributed by atoms with van der Waals surface area (Å²) in [5.74, 6) is 0.330. The van der Waals surface area contributed by atoms with Crippen LogP contribution in [0.3, 0.4) is 0 Å². The molecular weight excluding hydrogens is 396 g/mol. The Morgan fingerprint density at radius 2 is 1.96 bits per heavy atom. The molecule has 10 heteroatoms. The number of anilines is 1. The zero-order chi connectivity index (χ0) is 17.4. The van der Waals surface area contributed by atoms with Gasteiger partial charge in [0.2, 0.25) is 17.0 Å². The molecule has 0 aliphatic rings. The summed E-state index contributed by atoms with van der Waals surface area (Å²) in [5, 5.41) is 17.2. The van der Waals surface area contributed by atoms with Crippen molar-refractivity contribution in [2.75, 3.05) is 17.6 Å². The number of hydrogen-bond donors (Lipinski definition) is 2. The van der Waals surface area contributed by atoms with Crippen molar-refractivity contribution in [3.8, 4) is 0 Å². The fourth-order valence-corrected chi connectivity index (χ4v) is 2.79. The summed E-state index contributed by atoms with van der Waals surface area (Å²) in [7, 11) is 1.74. The number of nitrogens with one attached hydrogen (secondary N) is 2. The average Bonchev–Trinajstić information content (AvgIpc) is 2.95. The van der Waals surface area contributed by atoms with E-state index in [1.54, 1.807) is 23.9 Å². The molecule has 0 aliphatic heterocycles. The molecular formula is C14H17BrN6O2S. The van der Waals surface area contributed by atoms with Crippen molar-refractivity contribution in [2.24, 2.45) is 7.05 Å². The van der Waals surface area contributed by atoms with Crippen LogP contribution in [0.15, 0.2) is 33.9 Å². The van der Waals surface area contributed by atoms with Gasteiger partial charge in [0.05, 0.1) is 0 Å². The van der Waals surface area contributed by atoms with Gasteiger partial charge in [-0.2, -0.15) is 0 Å². The third kappa shape index (κ3) is 6.28. The molecule has 0 fully saturated rings. The van der Waals surface area contributed by atoms with Gasteiger partial charge in [0.15, 0.2) is 0 Å². The molecule has 2 N–H and O–H groups in total. The molecule has 0 saturated heterocycles. The van der Waals surface area contributed by atoms with Gasteiger partial charge in [-0.1, -0.05) is 27.7 Å². The Kier molecular flexibility index (Phi) is 7.19. The molecule has 0 spiro atoms. The van der Waals surface area contributed by atoms with Gasteiger partial charge in [0, 0.05) is 42.3 Å². The van der Waals surface area contributed by atoms with E-state index in [2.05, 4.69) is 42.1 Å². The van der Waals surface area contributed by atoms with Crippen LogP contribution in [0, 0.1) is 0 Å². The molecule has 8 nitrogen and oxygen atoms in total. The third-order valence-corrected chi connectivity index (χ3v) is 4.48. The Hall–Kier alpha value is -1.94. The summed E-state index contributed by atoms with van der Waals surface area (Å²) in [5.41, 5.74) is 0.725. The predicted octanol–water partition coefficient (Wildman–Crippen LogP) is 1.60. The zero-order valence-electron chi connectivity index (χ0n) is 13.0. The molecule has 2 amide bonds. The lowest BCUT2D eigenvalue weighted by molar-refractivity contribution is -0.120. The minimum absolute atomic E-state index is 0.103. The van der Waals surface area contributed by atoms with Gasteiger partial charge in [-0.3, -0.25) is 9.59 Å². The molecule has 2 rings (SSSR count). The summed E-state index contributed by atoms with van der Waals surface area (Å²) >= 11 is 4.74. The zero-order valence-corrected chi connectivity index (χ0v) is 15.4. The molecule has 2 aromatic rings. The normalized spacial score (nSPS) is 10.4. The predicted molar refractivity (Wildman–Crippen MR) is 94.5 cm³/mol. The lowest BCUT2D eigenvalue weighted by Crippen LogP contribution is -2.27. The standard InChI is InChI=1S/C14H17BrN6O2S/c1-21-14(18-19-20-21)24-9-7-12(22)16-8-6-13(23)17-11-4-2-10(15)3-5-11/h2-5H,6-9H2,1H3,(H,16,22)(H,17,23). The number of carbonyl (C=O) groups excluding carboxylic acids is 2. The quantitative estimate of drug-likeness (QED) is 0.638. The first-order valence-electron chi connectivity index (χ1n) is 7.22. The highest BCUT2D eigenvalue weighted by molar-refractivity contribution is 9.10. The second-order valence-electron chi connectivity index (χ2n) is 4.84. The van der Waals surface area contributed by atoms with Gasteiger partial charge in [0.1, 0.15) is 0 Å². The second-order valence-corrected chi connectivity index (χ2v) is 6.82. The number of halogens is 1. The molecule has 1 aromatic carbocycles. The minimum atomic E-state index is -0.142. The number of nitrogens with zero attached hydrogens (tertiary/aromatic N) is 4. The number of aromatic nitrogens is 4. The first kappa shape index (κ1) is 18.4. The fourth-order valence-electron chi connectivity index (χ4n) is 1.74. The Morgan fingerprint density at radius 1 is 1.21 bits per heavy atom. The van der Waals surface area contributed by atoms with Crippen LogP contribution in [0.5, 0.6) is 0 Å². The van der Waals surface area contributed by atoms with Crippen molar-refractivity contribution in [2.45, 2.75) is 18.0 Å². The van der Waals surface area contributed by atoms with Crippen LogP contribution >= 0.6 is 27.7 Å². The second kappa shape index (κ2) is 9.38. The highest BCUT2D eigenvalue weighted by atomic mass is 79.9. The van der Waals surface area contributed by atoms with Crippen molar-refractivity contribution < 1.29 is 9.59 Å². The fraction of sp³-hybridized carbons (Fsp3) is 0.357. The highest BCUT2D eigenvalue weighted by Gasteiger charge is 2.07. The van der Waals surface area contributed by atoms with Crippen LogP contribution in [0.4, 0.5) is 5.69 Å². The molecule has 24 heavy (non-hydrogen) atoms. The van der Waals surface area contributed by atoms with E-state index in [0.717, 1.165) is 10.2 Å². The number of amides is 2. The van der Waals surface area contributed by atoms with Crippen LogP contribution in [0.1, 0.15) is 12.8 Å². The Bertz CT molecular complexity index is 691. The molecule has 0 unspecified atom stereocenters. The first-order valence-corrected chi connectivity index (χ1v) is 9.00. The number of benzene rings is 1. The Balaban J connectivity index is 1.59. The van der Waals surface area contributed by atoms with Gasteiger partial charge >= 0.3 is 0 Å². The molecule has 0 radical (unpaired) electrons. The van der Waals surface area contributed by atoms with E-state index in [4.69, 9.17) is 0 Å². The monoisotopic (exact) mass is 412 g/mol. The summed E-state index contributed by atoms with van der Waals surface area (Å²) in [6.07, 6.45) is 0.564. The number of thioether (sulfide) groups is 1. The van der Waals surface area contributed by atoms with Gasteiger partial charge in [0.25, 0.3) is 0 Å². The third-order valence-electron chi connectivity index (χ3n) is 2.94. The number of carbonyl (C=O) groups is 2. The van der Waals surface area contributed by atoms with Gasteiger partial charge in [-0.05, 0) is 34.7 Å². The maximum Gasteiger partial charge on any atom is 0.226 e. The molecule has 128 valence electrons. The van der Waals surface area contributed by atoms with E-state index >= 15 is 0 Å². The van der Waals surface area contributed by atoms with Gasteiger partial charge < -0.3 is 10.6 Å². The molecule has 0 saturated carbocycles. The van der Waals surface area contributed by atoms with E-state index in [1.807, 2.05) is 12.1 Å². The van der Waals surface area contributed by atoms with Gasteiger partial charge in [-0.25, -0.2) is 4.68 Å². The minimum Gasteiger partial charge on any atom is -0.356 e. The van der Waals surface area contributed by atoms with Crippen molar-refractivity contribution in [3.63, 3.8) is 0 Å². The summed E-state index contributed by atoms with van der Waals surface area (Å²) in [6, 6.07) is 7.31. The van der Waals surface area contributed by atoms with E-state index in [1.165, 1.54) is 11.8 Å². The van der Waals surface area contributed by atoms with Crippen LogP contribution < -0.4 is 10.6 Å². The van der Waals surface area contributed by atoms with Crippen LogP contribution in [0.25, 0.3) is 0 Å². The van der Waals surface area contributed by atoms with E-state index < -0.39 is 0 Å². The Morgan fingerprint density at radius 3 is 2.62 bits per heavy atom. The summed E-state index contributed by atoms with van der Waals surface area (Å²) < 4.78 is 2.50. The first-order chi connectivity index (χ1) is 11.5. The number of tetrazole rings is 1. The van der Waals surface area contributed by atoms with Crippen LogP contribution in [-0.2, 0) is 16.6 Å². The topological polar surface area (TPSA) is 102 Å². The summed E-state index contributed by atoms with van der Waals surface area (Å²) in [4.78, 5) is 23.5. The van der Waals surface area contributed by atoms with Crippen molar-refractivity contribution >= 4 is 45.2 Å². The molecule has 0 aliphatic carbocycles. The molecule has 0 bridgehead atoms. The maximum absolute atomic E-state index is 11.8. The SMILES string of the molecule is Cn1nnnc1SCCC(=O)NCCC(=O)Nc1ccc(Br)cc1. The van der Waals surface area contributed by atoms with Crippen LogP contribution in [-0.4, -0.2) is 44.3 Å². The van der Waals surface area contributed by atoms with Crippen LogP contribution in [0.2, 0.25) is 0 Å². The van der Waals surface area contributed by atoms with Crippen molar-refractivity contribution in [1.29, 1.82) is 0 Å². The molecule has 1 aromatic heterocycles. The largest absolute Gasteiger partial charge is 0.356 e.